The maximum atomic E-state index is 15.4. The van der Waals surface area contributed by atoms with Crippen molar-refractivity contribution in [1.29, 1.82) is 5.41 Å². The molecule has 7 heteroatoms. The van der Waals surface area contributed by atoms with Crippen LogP contribution in [-0.2, 0) is 15.4 Å². The van der Waals surface area contributed by atoms with Gasteiger partial charge in [-0.1, -0.05) is 46.8 Å². The topological polar surface area (TPSA) is 82.1 Å². The Labute approximate surface area is 197 Å². The molecule has 3 rings (SSSR count). The molecule has 3 N–H and O–H groups in total. The minimum absolute atomic E-state index is 0.0513. The molecule has 33 heavy (non-hydrogen) atoms. The molecule has 0 aliphatic heterocycles. The van der Waals surface area contributed by atoms with Crippen LogP contribution in [-0.4, -0.2) is 26.3 Å². The van der Waals surface area contributed by atoms with Crippen LogP contribution >= 0.6 is 0 Å². The lowest BCUT2D eigenvalue weighted by atomic mass is 9.87. The lowest BCUT2D eigenvalue weighted by Crippen LogP contribution is -2.30. The maximum absolute atomic E-state index is 15.4. The molecule has 2 atom stereocenters. The van der Waals surface area contributed by atoms with Crippen molar-refractivity contribution >= 4 is 15.9 Å². The summed E-state index contributed by atoms with van der Waals surface area (Å²) in [6.07, 6.45) is 0.529. The molecule has 2 aromatic rings. The van der Waals surface area contributed by atoms with Gasteiger partial charge in [-0.3, -0.25) is 5.41 Å². The first-order valence-electron chi connectivity index (χ1n) is 11.5. The molecule has 0 aromatic heterocycles. The van der Waals surface area contributed by atoms with Gasteiger partial charge in [0.2, 0.25) is 10.0 Å². The molecule has 0 bridgehead atoms. The standard InChI is InChI=1S/C26H36FN3O2S/c1-15(2)20-11-17(25(28)29-16(3)4)12-22(24(20)27)21-14-23(21)30-33(31,32)19-10-8-9-18(13-19)26(5,6)7/h8-13,15-16,21,23,30H,14H2,1-7H3,(H2,28,29). The third-order valence-corrected chi connectivity index (χ3v) is 7.47. The van der Waals surface area contributed by atoms with Crippen LogP contribution in [0, 0.1) is 11.2 Å². The molecule has 0 saturated heterocycles. The van der Waals surface area contributed by atoms with E-state index in [2.05, 4.69) is 10.0 Å². The smallest absolute Gasteiger partial charge is 0.240 e. The zero-order chi connectivity index (χ0) is 24.7. The summed E-state index contributed by atoms with van der Waals surface area (Å²) in [5.74, 6) is -0.364. The Hall–Kier alpha value is -2.25. The monoisotopic (exact) mass is 473 g/mol. The van der Waals surface area contributed by atoms with Crippen LogP contribution in [0.5, 0.6) is 0 Å². The van der Waals surface area contributed by atoms with Gasteiger partial charge in [-0.05, 0) is 72.6 Å². The van der Waals surface area contributed by atoms with Gasteiger partial charge in [-0.2, -0.15) is 0 Å². The molecule has 1 fully saturated rings. The van der Waals surface area contributed by atoms with Gasteiger partial charge in [0.15, 0.2) is 0 Å². The summed E-state index contributed by atoms with van der Waals surface area (Å²) in [4.78, 5) is 0.223. The summed E-state index contributed by atoms with van der Waals surface area (Å²) in [6, 6.07) is 10.1. The Morgan fingerprint density at radius 2 is 1.79 bits per heavy atom. The molecular formula is C26H36FN3O2S. The van der Waals surface area contributed by atoms with E-state index in [1.165, 1.54) is 0 Å². The van der Waals surface area contributed by atoms with E-state index in [9.17, 15) is 8.42 Å². The first-order valence-corrected chi connectivity index (χ1v) is 13.0. The van der Waals surface area contributed by atoms with Crippen LogP contribution < -0.4 is 10.0 Å². The van der Waals surface area contributed by atoms with Crippen molar-refractivity contribution in [3.05, 3.63) is 64.5 Å². The van der Waals surface area contributed by atoms with Crippen molar-refractivity contribution in [2.45, 2.75) is 89.1 Å². The van der Waals surface area contributed by atoms with Crippen molar-refractivity contribution in [3.63, 3.8) is 0 Å². The molecule has 2 unspecified atom stereocenters. The Morgan fingerprint density at radius 1 is 1.12 bits per heavy atom. The van der Waals surface area contributed by atoms with Gasteiger partial charge in [0.05, 0.1) is 4.90 Å². The average molecular weight is 474 g/mol. The summed E-state index contributed by atoms with van der Waals surface area (Å²) >= 11 is 0. The Bertz CT molecular complexity index is 1150. The SMILES string of the molecule is CC(C)NC(=N)c1cc(C(C)C)c(F)c(C2CC2NS(=O)(=O)c2cccc(C(C)(C)C)c2)c1. The largest absolute Gasteiger partial charge is 0.368 e. The highest BCUT2D eigenvalue weighted by atomic mass is 32.2. The highest BCUT2D eigenvalue weighted by Crippen LogP contribution is 2.44. The second kappa shape index (κ2) is 9.18. The predicted molar refractivity (Wildman–Crippen MR) is 132 cm³/mol. The Kier molecular flexibility index (Phi) is 7.06. The molecule has 0 amide bonds. The van der Waals surface area contributed by atoms with E-state index in [1.807, 2.05) is 54.5 Å². The summed E-state index contributed by atoms with van der Waals surface area (Å²) in [5, 5.41) is 11.4. The summed E-state index contributed by atoms with van der Waals surface area (Å²) in [5.41, 5.74) is 2.41. The molecule has 0 heterocycles. The van der Waals surface area contributed by atoms with E-state index in [0.717, 1.165) is 5.56 Å². The van der Waals surface area contributed by atoms with Crippen LogP contribution in [0.1, 0.15) is 89.0 Å². The molecule has 5 nitrogen and oxygen atoms in total. The molecule has 0 radical (unpaired) electrons. The summed E-state index contributed by atoms with van der Waals surface area (Å²) < 4.78 is 44.2. The van der Waals surface area contributed by atoms with Gasteiger partial charge >= 0.3 is 0 Å². The minimum atomic E-state index is -3.73. The van der Waals surface area contributed by atoms with Crippen LogP contribution in [0.15, 0.2) is 41.3 Å². The van der Waals surface area contributed by atoms with E-state index in [4.69, 9.17) is 5.41 Å². The first kappa shape index (κ1) is 25.4. The van der Waals surface area contributed by atoms with Crippen LogP contribution in [0.25, 0.3) is 0 Å². The first-order chi connectivity index (χ1) is 15.2. The number of hydrogen-bond acceptors (Lipinski definition) is 3. The second-order valence-electron chi connectivity index (χ2n) is 10.6. The van der Waals surface area contributed by atoms with Crippen molar-refractivity contribution in [2.75, 3.05) is 0 Å². The van der Waals surface area contributed by atoms with Crippen LogP contribution in [0.4, 0.5) is 4.39 Å². The average Bonchev–Trinajstić information content (AvgIpc) is 3.44. The second-order valence-corrected chi connectivity index (χ2v) is 12.4. The third-order valence-electron chi connectivity index (χ3n) is 5.98. The predicted octanol–water partition coefficient (Wildman–Crippen LogP) is 5.40. The maximum Gasteiger partial charge on any atom is 0.240 e. The van der Waals surface area contributed by atoms with E-state index in [1.54, 1.807) is 30.3 Å². The number of rotatable bonds is 7. The van der Waals surface area contributed by atoms with E-state index >= 15 is 4.39 Å². The number of benzene rings is 2. The van der Waals surface area contributed by atoms with Gasteiger partial charge in [0.1, 0.15) is 11.7 Å². The minimum Gasteiger partial charge on any atom is -0.368 e. The summed E-state index contributed by atoms with van der Waals surface area (Å²) in [7, 11) is -3.73. The van der Waals surface area contributed by atoms with Gasteiger partial charge < -0.3 is 5.32 Å². The van der Waals surface area contributed by atoms with Crippen molar-refractivity contribution < 1.29 is 12.8 Å². The molecule has 2 aromatic carbocycles. The van der Waals surface area contributed by atoms with Crippen LogP contribution in [0.3, 0.4) is 0 Å². The molecule has 0 spiro atoms. The quantitative estimate of drug-likeness (QED) is 0.372. The van der Waals surface area contributed by atoms with Crippen molar-refractivity contribution in [2.24, 2.45) is 0 Å². The normalized spacial score (nSPS) is 18.6. The number of halogens is 1. The molecule has 1 saturated carbocycles. The highest BCUT2D eigenvalue weighted by molar-refractivity contribution is 7.89. The van der Waals surface area contributed by atoms with E-state index < -0.39 is 10.0 Å². The Morgan fingerprint density at radius 3 is 2.36 bits per heavy atom. The van der Waals surface area contributed by atoms with Crippen molar-refractivity contribution in [3.8, 4) is 0 Å². The van der Waals surface area contributed by atoms with Gasteiger partial charge in [-0.15, -0.1) is 0 Å². The molecule has 180 valence electrons. The molecular weight excluding hydrogens is 437 g/mol. The van der Waals surface area contributed by atoms with Crippen LogP contribution in [0.2, 0.25) is 0 Å². The van der Waals surface area contributed by atoms with E-state index in [-0.39, 0.29) is 45.9 Å². The van der Waals surface area contributed by atoms with Gasteiger partial charge in [0.25, 0.3) is 0 Å². The van der Waals surface area contributed by atoms with Gasteiger partial charge in [-0.25, -0.2) is 17.5 Å². The third kappa shape index (κ3) is 5.82. The fourth-order valence-corrected chi connectivity index (χ4v) is 5.28. The lowest BCUT2D eigenvalue weighted by molar-refractivity contribution is 0.569. The van der Waals surface area contributed by atoms with Gasteiger partial charge in [0, 0.05) is 23.6 Å². The van der Waals surface area contributed by atoms with Crippen molar-refractivity contribution in [1.82, 2.24) is 10.0 Å². The zero-order valence-electron chi connectivity index (χ0n) is 20.6. The fourth-order valence-electron chi connectivity index (χ4n) is 3.94. The number of hydrogen-bond donors (Lipinski definition) is 3. The molecule has 1 aliphatic carbocycles. The zero-order valence-corrected chi connectivity index (χ0v) is 21.4. The lowest BCUT2D eigenvalue weighted by Gasteiger charge is -2.20. The Balaban J connectivity index is 1.87. The number of amidine groups is 1. The number of sulfonamides is 1. The summed E-state index contributed by atoms with van der Waals surface area (Å²) in [6.45, 7) is 13.8. The number of nitrogens with one attached hydrogen (secondary N) is 3. The highest BCUT2D eigenvalue weighted by Gasteiger charge is 2.43. The molecule has 1 aliphatic rings. The van der Waals surface area contributed by atoms with E-state index in [0.29, 0.717) is 23.1 Å². The fraction of sp³-hybridized carbons (Fsp3) is 0.500.